The Morgan fingerprint density at radius 1 is 1.14 bits per heavy atom. The van der Waals surface area contributed by atoms with E-state index < -0.39 is 18.7 Å². The average molecular weight is 422 g/mol. The number of benzene rings is 1. The van der Waals surface area contributed by atoms with Crippen LogP contribution in [0.25, 0.3) is 11.1 Å². The number of ether oxygens (including phenoxy) is 1. The van der Waals surface area contributed by atoms with E-state index in [9.17, 15) is 18.0 Å². The van der Waals surface area contributed by atoms with Crippen LogP contribution in [0.15, 0.2) is 55.0 Å². The molecule has 0 aliphatic carbocycles. The average Bonchev–Trinajstić information content (AvgIpc) is 2.67. The van der Waals surface area contributed by atoms with Crippen molar-refractivity contribution in [3.05, 3.63) is 71.1 Å². The summed E-state index contributed by atoms with van der Waals surface area (Å²) in [6.45, 7) is 0.317. The minimum Gasteiger partial charge on any atom is -0.468 e. The number of hydrogen-bond acceptors (Lipinski definition) is 4. The standard InChI is InChI=1S/C20H15ClF3N3O2/c1-12-6-14(9-25-8-12)18(28)27-16-7-17(13-2-4-15(21)5-3-13)19(26-10-16)29-11-20(22,23)24/h2-10H,11H2,1H3,(H,27,28). The monoisotopic (exact) mass is 421 g/mol. The maximum Gasteiger partial charge on any atom is 0.422 e. The zero-order chi connectivity index (χ0) is 21.0. The third kappa shape index (κ3) is 5.68. The lowest BCUT2D eigenvalue weighted by molar-refractivity contribution is -0.154. The predicted octanol–water partition coefficient (Wildman–Crippen LogP) is 5.30. The van der Waals surface area contributed by atoms with E-state index in [4.69, 9.17) is 16.3 Å². The normalized spacial score (nSPS) is 11.2. The molecule has 0 aliphatic rings. The van der Waals surface area contributed by atoms with Crippen LogP contribution in [0.3, 0.4) is 0 Å². The highest BCUT2D eigenvalue weighted by molar-refractivity contribution is 6.30. The molecule has 2 aromatic heterocycles. The predicted molar refractivity (Wildman–Crippen MR) is 103 cm³/mol. The van der Waals surface area contributed by atoms with E-state index in [1.54, 1.807) is 43.5 Å². The molecule has 3 aromatic rings. The highest BCUT2D eigenvalue weighted by Gasteiger charge is 2.29. The second-order valence-electron chi connectivity index (χ2n) is 6.19. The number of nitrogens with zero attached hydrogens (tertiary/aromatic N) is 2. The number of pyridine rings is 2. The summed E-state index contributed by atoms with van der Waals surface area (Å²) in [5.41, 5.74) is 2.27. The molecule has 0 fully saturated rings. The summed E-state index contributed by atoms with van der Waals surface area (Å²) in [6, 6.07) is 9.58. The van der Waals surface area contributed by atoms with Gasteiger partial charge >= 0.3 is 6.18 Å². The second kappa shape index (κ2) is 8.48. The number of anilines is 1. The van der Waals surface area contributed by atoms with Crippen LogP contribution in [0, 0.1) is 6.92 Å². The maximum absolute atomic E-state index is 12.6. The lowest BCUT2D eigenvalue weighted by atomic mass is 10.1. The number of alkyl halides is 3. The summed E-state index contributed by atoms with van der Waals surface area (Å²) in [4.78, 5) is 20.4. The lowest BCUT2D eigenvalue weighted by Crippen LogP contribution is -2.20. The van der Waals surface area contributed by atoms with Crippen LogP contribution in [0.1, 0.15) is 15.9 Å². The highest BCUT2D eigenvalue weighted by atomic mass is 35.5. The van der Waals surface area contributed by atoms with Crippen LogP contribution in [-0.2, 0) is 0 Å². The molecule has 0 unspecified atom stereocenters. The van der Waals surface area contributed by atoms with Crippen molar-refractivity contribution >= 4 is 23.2 Å². The van der Waals surface area contributed by atoms with Gasteiger partial charge in [0.05, 0.1) is 17.4 Å². The van der Waals surface area contributed by atoms with Gasteiger partial charge in [-0.05, 0) is 42.3 Å². The molecular weight excluding hydrogens is 407 g/mol. The van der Waals surface area contributed by atoms with Crippen LogP contribution < -0.4 is 10.1 Å². The van der Waals surface area contributed by atoms with Crippen LogP contribution in [0.5, 0.6) is 5.88 Å². The molecule has 5 nitrogen and oxygen atoms in total. The number of hydrogen-bond donors (Lipinski definition) is 1. The van der Waals surface area contributed by atoms with Crippen molar-refractivity contribution in [2.45, 2.75) is 13.1 Å². The molecule has 0 saturated heterocycles. The van der Waals surface area contributed by atoms with Crippen molar-refractivity contribution < 1.29 is 22.7 Å². The summed E-state index contributed by atoms with van der Waals surface area (Å²) >= 11 is 5.88. The molecular formula is C20H15ClF3N3O2. The number of carbonyl (C=O) groups is 1. The van der Waals surface area contributed by atoms with Gasteiger partial charge in [0.15, 0.2) is 6.61 Å². The number of aryl methyl sites for hydroxylation is 1. The summed E-state index contributed by atoms with van der Waals surface area (Å²) in [5, 5.41) is 3.13. The Bertz CT molecular complexity index is 1020. The number of halogens is 4. The van der Waals surface area contributed by atoms with Crippen LogP contribution >= 0.6 is 11.6 Å². The molecule has 0 atom stereocenters. The number of nitrogens with one attached hydrogen (secondary N) is 1. The maximum atomic E-state index is 12.6. The Morgan fingerprint density at radius 2 is 1.86 bits per heavy atom. The molecule has 9 heteroatoms. The quantitative estimate of drug-likeness (QED) is 0.607. The van der Waals surface area contributed by atoms with Gasteiger partial charge in [0.25, 0.3) is 5.91 Å². The molecule has 0 aliphatic heterocycles. The van der Waals surface area contributed by atoms with Gasteiger partial charge in [-0.1, -0.05) is 23.7 Å². The van der Waals surface area contributed by atoms with Gasteiger partial charge < -0.3 is 10.1 Å². The van der Waals surface area contributed by atoms with Crippen LogP contribution in [0.2, 0.25) is 5.02 Å². The van der Waals surface area contributed by atoms with E-state index in [0.29, 0.717) is 21.8 Å². The van der Waals surface area contributed by atoms with Crippen molar-refractivity contribution in [1.82, 2.24) is 9.97 Å². The third-order valence-corrected chi connectivity index (χ3v) is 4.03. The molecule has 0 saturated carbocycles. The molecule has 0 radical (unpaired) electrons. The van der Waals surface area contributed by atoms with Gasteiger partial charge in [-0.3, -0.25) is 9.78 Å². The minimum absolute atomic E-state index is 0.208. The fourth-order valence-corrected chi connectivity index (χ4v) is 2.63. The number of aromatic nitrogens is 2. The zero-order valence-corrected chi connectivity index (χ0v) is 15.9. The van der Waals surface area contributed by atoms with Gasteiger partial charge in [0.2, 0.25) is 5.88 Å². The fraction of sp³-hybridized carbons (Fsp3) is 0.150. The molecule has 1 N–H and O–H groups in total. The molecule has 29 heavy (non-hydrogen) atoms. The third-order valence-electron chi connectivity index (χ3n) is 3.77. The summed E-state index contributed by atoms with van der Waals surface area (Å²) in [6.07, 6.45) is -0.253. The van der Waals surface area contributed by atoms with Gasteiger partial charge in [0.1, 0.15) is 0 Å². The van der Waals surface area contributed by atoms with E-state index in [1.165, 1.54) is 18.5 Å². The first kappa shape index (κ1) is 20.6. The van der Waals surface area contributed by atoms with E-state index in [1.807, 2.05) is 0 Å². The summed E-state index contributed by atoms with van der Waals surface area (Å²) < 4.78 is 42.6. The Labute approximate surface area is 169 Å². The largest absolute Gasteiger partial charge is 0.468 e. The van der Waals surface area contributed by atoms with Crippen molar-refractivity contribution in [2.75, 3.05) is 11.9 Å². The van der Waals surface area contributed by atoms with Crippen molar-refractivity contribution in [1.29, 1.82) is 0 Å². The van der Waals surface area contributed by atoms with Crippen LogP contribution in [-0.4, -0.2) is 28.7 Å². The lowest BCUT2D eigenvalue weighted by Gasteiger charge is -2.14. The molecule has 0 spiro atoms. The Morgan fingerprint density at radius 3 is 2.52 bits per heavy atom. The highest BCUT2D eigenvalue weighted by Crippen LogP contribution is 2.32. The van der Waals surface area contributed by atoms with Crippen molar-refractivity contribution in [3.8, 4) is 17.0 Å². The first-order chi connectivity index (χ1) is 13.7. The molecule has 1 amide bonds. The van der Waals surface area contributed by atoms with Crippen molar-refractivity contribution in [2.24, 2.45) is 0 Å². The number of rotatable bonds is 5. The first-order valence-electron chi connectivity index (χ1n) is 8.40. The molecule has 1 aromatic carbocycles. The Kier molecular flexibility index (Phi) is 6.03. The topological polar surface area (TPSA) is 64.1 Å². The second-order valence-corrected chi connectivity index (χ2v) is 6.63. The van der Waals surface area contributed by atoms with E-state index >= 15 is 0 Å². The summed E-state index contributed by atoms with van der Waals surface area (Å²) in [7, 11) is 0. The molecule has 0 bridgehead atoms. The summed E-state index contributed by atoms with van der Waals surface area (Å²) in [5.74, 6) is -0.631. The van der Waals surface area contributed by atoms with Gasteiger partial charge in [-0.2, -0.15) is 13.2 Å². The first-order valence-corrected chi connectivity index (χ1v) is 8.77. The van der Waals surface area contributed by atoms with Gasteiger partial charge in [-0.25, -0.2) is 4.98 Å². The van der Waals surface area contributed by atoms with Gasteiger partial charge in [0, 0.05) is 23.0 Å². The van der Waals surface area contributed by atoms with Gasteiger partial charge in [-0.15, -0.1) is 0 Å². The number of amides is 1. The van der Waals surface area contributed by atoms with E-state index in [2.05, 4.69) is 15.3 Å². The number of carbonyl (C=O) groups excluding carboxylic acids is 1. The molecule has 150 valence electrons. The molecule has 3 rings (SSSR count). The van der Waals surface area contributed by atoms with Crippen LogP contribution in [0.4, 0.5) is 18.9 Å². The van der Waals surface area contributed by atoms with E-state index in [0.717, 1.165) is 5.56 Å². The molecule has 2 heterocycles. The Balaban J connectivity index is 1.92. The smallest absolute Gasteiger partial charge is 0.422 e. The Hall–Kier alpha value is -3.13. The fourth-order valence-electron chi connectivity index (χ4n) is 2.50. The minimum atomic E-state index is -4.51. The SMILES string of the molecule is Cc1cncc(C(=O)Nc2cnc(OCC(F)(F)F)c(-c3ccc(Cl)cc3)c2)c1. The zero-order valence-electron chi connectivity index (χ0n) is 15.1. The van der Waals surface area contributed by atoms with E-state index in [-0.39, 0.29) is 11.4 Å². The van der Waals surface area contributed by atoms with Crippen molar-refractivity contribution in [3.63, 3.8) is 0 Å².